The molecule has 6 nitrogen and oxygen atoms in total. The summed E-state index contributed by atoms with van der Waals surface area (Å²) < 4.78 is 28.4. The van der Waals surface area contributed by atoms with E-state index in [9.17, 15) is 18.0 Å². The number of primary amides is 1. The second kappa shape index (κ2) is 12.1. The number of hydrogen-bond acceptors (Lipinski definition) is 4. The van der Waals surface area contributed by atoms with Gasteiger partial charge in [-0.25, -0.2) is 8.42 Å². The molecule has 1 aliphatic heterocycles. The first-order valence-electron chi connectivity index (χ1n) is 12.5. The van der Waals surface area contributed by atoms with E-state index >= 15 is 0 Å². The highest BCUT2D eigenvalue weighted by molar-refractivity contribution is 7.90. The summed E-state index contributed by atoms with van der Waals surface area (Å²) in [6.45, 7) is 10.7. The molecule has 0 spiro atoms. The monoisotopic (exact) mass is 594 g/mol. The molecule has 0 aliphatic carbocycles. The molecule has 1 heterocycles. The minimum absolute atomic E-state index is 0. The largest absolute Gasteiger partial charge is 0.369 e. The first-order valence-corrected chi connectivity index (χ1v) is 14.7. The van der Waals surface area contributed by atoms with E-state index in [0.717, 1.165) is 5.56 Å². The van der Waals surface area contributed by atoms with Gasteiger partial charge in [-0.2, -0.15) is 4.31 Å². The standard InChI is InChI=1S/C29H36Cl2N2O4S.CH4/c1-28(2,3)25-17-21(24(34)16-20(27(32)35)14-18-10-8-7-9-11-18)26(19-12-13-22(30)23(31)15-19)33(25)38(36,37)29(4,5)6;/h7-13,15,17,20,25-26H,14,16H2,1-6H3,(H2,32,35);1H4/t20-,25+,26+;/m1./s1. The Balaban J connectivity index is 0.00000533. The van der Waals surface area contributed by atoms with Gasteiger partial charge in [-0.3, -0.25) is 9.59 Å². The molecule has 1 aliphatic rings. The third-order valence-electron chi connectivity index (χ3n) is 6.84. The van der Waals surface area contributed by atoms with Crippen molar-refractivity contribution in [1.82, 2.24) is 4.31 Å². The maximum Gasteiger partial charge on any atom is 0.221 e. The van der Waals surface area contributed by atoms with Crippen LogP contribution in [0.4, 0.5) is 0 Å². The molecule has 0 radical (unpaired) electrons. The van der Waals surface area contributed by atoms with Gasteiger partial charge in [-0.15, -0.1) is 0 Å². The molecule has 1 amide bonds. The molecular weight excluding hydrogens is 555 g/mol. The summed E-state index contributed by atoms with van der Waals surface area (Å²) >= 11 is 12.5. The van der Waals surface area contributed by atoms with Gasteiger partial charge in [0.1, 0.15) is 0 Å². The van der Waals surface area contributed by atoms with Crippen molar-refractivity contribution < 1.29 is 18.0 Å². The second-order valence-electron chi connectivity index (χ2n) is 11.9. The van der Waals surface area contributed by atoms with Crippen LogP contribution < -0.4 is 5.73 Å². The summed E-state index contributed by atoms with van der Waals surface area (Å²) in [4.78, 5) is 26.3. The number of ketones is 1. The van der Waals surface area contributed by atoms with E-state index in [2.05, 4.69) is 0 Å². The Hall–Kier alpha value is -2.19. The van der Waals surface area contributed by atoms with Gasteiger partial charge in [0.05, 0.1) is 20.8 Å². The highest BCUT2D eigenvalue weighted by Gasteiger charge is 2.52. The molecule has 3 rings (SSSR count). The fraction of sp³-hybridized carbons (Fsp3) is 0.467. The van der Waals surface area contributed by atoms with Crippen molar-refractivity contribution in [2.45, 2.75) is 78.6 Å². The number of amides is 1. The summed E-state index contributed by atoms with van der Waals surface area (Å²) in [5.41, 5.74) is 6.89. The van der Waals surface area contributed by atoms with Crippen molar-refractivity contribution >= 4 is 44.9 Å². The molecule has 2 aromatic rings. The fourth-order valence-electron chi connectivity index (χ4n) is 4.64. The zero-order chi connectivity index (χ0) is 28.6. The number of halogens is 2. The molecule has 2 N–H and O–H groups in total. The van der Waals surface area contributed by atoms with Crippen LogP contribution >= 0.6 is 23.2 Å². The molecule has 0 bridgehead atoms. The topological polar surface area (TPSA) is 97.5 Å². The van der Waals surface area contributed by atoms with E-state index in [1.165, 1.54) is 4.31 Å². The zero-order valence-corrected chi connectivity index (χ0v) is 25.0. The normalized spacial score (nSPS) is 19.2. The Bertz CT molecular complexity index is 1340. The number of benzene rings is 2. The smallest absolute Gasteiger partial charge is 0.221 e. The molecule has 0 saturated carbocycles. The minimum atomic E-state index is -3.93. The molecule has 0 saturated heterocycles. The first kappa shape index (κ1) is 33.0. The quantitative estimate of drug-likeness (QED) is 0.365. The summed E-state index contributed by atoms with van der Waals surface area (Å²) in [7, 11) is -3.93. The van der Waals surface area contributed by atoms with Crippen LogP contribution in [0.25, 0.3) is 0 Å². The summed E-state index contributed by atoms with van der Waals surface area (Å²) in [6.07, 6.45) is 1.90. The molecule has 39 heavy (non-hydrogen) atoms. The average molecular weight is 596 g/mol. The lowest BCUT2D eigenvalue weighted by molar-refractivity contribution is -0.126. The lowest BCUT2D eigenvalue weighted by atomic mass is 9.86. The lowest BCUT2D eigenvalue weighted by Gasteiger charge is -2.40. The molecule has 0 fully saturated rings. The van der Waals surface area contributed by atoms with Crippen LogP contribution in [0.15, 0.2) is 60.2 Å². The van der Waals surface area contributed by atoms with Crippen LogP contribution in [-0.2, 0) is 26.0 Å². The zero-order valence-electron chi connectivity index (χ0n) is 22.7. The van der Waals surface area contributed by atoms with Crippen LogP contribution in [0.2, 0.25) is 10.0 Å². The maximum atomic E-state index is 14.0. The first-order chi connectivity index (χ1) is 17.4. The lowest BCUT2D eigenvalue weighted by Crippen LogP contribution is -2.51. The number of nitrogens with two attached hydrogens (primary N) is 1. The summed E-state index contributed by atoms with van der Waals surface area (Å²) in [6, 6.07) is 12.7. The summed E-state index contributed by atoms with van der Waals surface area (Å²) in [5, 5.41) is 0.571. The highest BCUT2D eigenvalue weighted by Crippen LogP contribution is 2.48. The Morgan fingerprint density at radius 1 is 0.974 bits per heavy atom. The van der Waals surface area contributed by atoms with E-state index in [4.69, 9.17) is 28.9 Å². The molecule has 214 valence electrons. The van der Waals surface area contributed by atoms with E-state index in [1.807, 2.05) is 51.1 Å². The Morgan fingerprint density at radius 3 is 2.05 bits per heavy atom. The number of carbonyl (C=O) groups excluding carboxylic acids is 2. The highest BCUT2D eigenvalue weighted by atomic mass is 35.5. The predicted molar refractivity (Wildman–Crippen MR) is 160 cm³/mol. The second-order valence-corrected chi connectivity index (χ2v) is 15.3. The Labute approximate surface area is 243 Å². The number of hydrogen-bond donors (Lipinski definition) is 1. The number of Topliss-reactive ketones (excluding diaryl/α,β-unsaturated/α-hetero) is 1. The fourth-order valence-corrected chi connectivity index (χ4v) is 6.76. The average Bonchev–Trinajstić information content (AvgIpc) is 3.22. The van der Waals surface area contributed by atoms with Gasteiger partial charge in [-0.05, 0) is 55.9 Å². The minimum Gasteiger partial charge on any atom is -0.369 e. The van der Waals surface area contributed by atoms with Gasteiger partial charge in [0.15, 0.2) is 5.78 Å². The predicted octanol–water partition coefficient (Wildman–Crippen LogP) is 6.76. The van der Waals surface area contributed by atoms with Crippen LogP contribution in [0.5, 0.6) is 0 Å². The number of rotatable bonds is 8. The summed E-state index contributed by atoms with van der Waals surface area (Å²) in [5.74, 6) is -1.67. The molecule has 3 atom stereocenters. The van der Waals surface area contributed by atoms with Gasteiger partial charge in [-0.1, -0.05) is 93.9 Å². The van der Waals surface area contributed by atoms with Crippen molar-refractivity contribution in [2.75, 3.05) is 0 Å². The van der Waals surface area contributed by atoms with E-state index < -0.39 is 44.1 Å². The SMILES string of the molecule is C.CC(C)(C)[C@@H]1C=C(C(=O)C[C@@H](Cc2ccccc2)C(N)=O)[C@H](c2ccc(Cl)c(Cl)c2)N1S(=O)(=O)C(C)(C)C. The van der Waals surface area contributed by atoms with Crippen LogP contribution in [0, 0.1) is 11.3 Å². The van der Waals surface area contributed by atoms with E-state index in [1.54, 1.807) is 45.0 Å². The van der Waals surface area contributed by atoms with Crippen molar-refractivity contribution in [3.05, 3.63) is 81.4 Å². The number of sulfonamides is 1. The molecule has 9 heteroatoms. The number of carbonyl (C=O) groups is 2. The van der Waals surface area contributed by atoms with Crippen LogP contribution in [0.3, 0.4) is 0 Å². The van der Waals surface area contributed by atoms with Crippen molar-refractivity contribution in [3.8, 4) is 0 Å². The number of nitrogens with zero attached hydrogens (tertiary/aromatic N) is 1. The van der Waals surface area contributed by atoms with Gasteiger partial charge in [0.25, 0.3) is 0 Å². The van der Waals surface area contributed by atoms with Gasteiger partial charge >= 0.3 is 0 Å². The molecule has 0 unspecified atom stereocenters. The van der Waals surface area contributed by atoms with E-state index in [-0.39, 0.29) is 24.7 Å². The maximum absolute atomic E-state index is 14.0. The van der Waals surface area contributed by atoms with Crippen LogP contribution in [-0.4, -0.2) is 35.2 Å². The Kier molecular flexibility index (Phi) is 10.3. The Morgan fingerprint density at radius 2 is 1.56 bits per heavy atom. The van der Waals surface area contributed by atoms with Crippen LogP contribution in [0.1, 0.15) is 72.6 Å². The van der Waals surface area contributed by atoms with Crippen molar-refractivity contribution in [1.29, 1.82) is 0 Å². The van der Waals surface area contributed by atoms with E-state index in [0.29, 0.717) is 22.6 Å². The molecule has 0 aromatic heterocycles. The van der Waals surface area contributed by atoms with Gasteiger partial charge in [0, 0.05) is 24.0 Å². The third kappa shape index (κ3) is 7.12. The third-order valence-corrected chi connectivity index (χ3v) is 10.1. The molecular formula is C30H40Cl2N2O4S. The van der Waals surface area contributed by atoms with Gasteiger partial charge < -0.3 is 5.73 Å². The molecule has 2 aromatic carbocycles. The van der Waals surface area contributed by atoms with Crippen molar-refractivity contribution in [3.63, 3.8) is 0 Å². The van der Waals surface area contributed by atoms with Gasteiger partial charge in [0.2, 0.25) is 15.9 Å². The van der Waals surface area contributed by atoms with Crippen molar-refractivity contribution in [2.24, 2.45) is 17.1 Å².